The maximum absolute atomic E-state index is 5.19. The van der Waals surface area contributed by atoms with E-state index in [1.807, 2.05) is 7.05 Å². The van der Waals surface area contributed by atoms with Crippen LogP contribution in [-0.2, 0) is 0 Å². The van der Waals surface area contributed by atoms with Crippen LogP contribution in [0.1, 0.15) is 6.92 Å². The predicted octanol–water partition coefficient (Wildman–Crippen LogP) is -0.844. The highest BCUT2D eigenvalue weighted by molar-refractivity contribution is 14.1. The number of hydrogen-bond acceptors (Lipinski definition) is 3. The lowest BCUT2D eigenvalue weighted by Gasteiger charge is -2.10. The lowest BCUT2D eigenvalue weighted by molar-refractivity contribution is -0.228. The summed E-state index contributed by atoms with van der Waals surface area (Å²) < 4.78 is 0.466. The van der Waals surface area contributed by atoms with E-state index in [0.717, 1.165) is 13.1 Å². The fraction of sp³-hybridized carbons (Fsp3) is 1.00. The number of halogens is 1. The molecule has 2 atom stereocenters. The summed E-state index contributed by atoms with van der Waals surface area (Å²) in [7, 11) is 1.89. The van der Waals surface area contributed by atoms with Crippen LogP contribution in [-0.4, -0.2) is 30.2 Å². The zero-order valence-corrected chi connectivity index (χ0v) is 9.13. The minimum atomic E-state index is 0.178. The second-order valence-corrected chi connectivity index (χ2v) is 4.25. The van der Waals surface area contributed by atoms with Crippen LogP contribution < -0.4 is 16.2 Å². The quantitative estimate of drug-likeness (QED) is 0.255. The van der Waals surface area contributed by atoms with Gasteiger partial charge in [-0.25, -0.2) is 0 Å². The standard InChI is InChI=1S/C6H15IN4/c1-5(7)10-4-6(11-8)3-9-2/h5-6,8-10H,3-4H2,1-2H3/p+1/t5-,6?/m1/s1. The van der Waals surface area contributed by atoms with Crippen LogP contribution in [0.15, 0.2) is 5.11 Å². The molecule has 5 heteroatoms. The molecule has 0 saturated heterocycles. The van der Waals surface area contributed by atoms with Gasteiger partial charge in [0, 0.05) is 13.1 Å². The molecule has 0 heterocycles. The van der Waals surface area contributed by atoms with Crippen molar-refractivity contribution in [2.45, 2.75) is 17.0 Å². The van der Waals surface area contributed by atoms with Gasteiger partial charge in [0.25, 0.3) is 0 Å². The molecule has 1 unspecified atom stereocenters. The Hall–Kier alpha value is 0.250. The second kappa shape index (κ2) is 6.93. The van der Waals surface area contributed by atoms with Gasteiger partial charge in [-0.2, -0.15) is 5.53 Å². The van der Waals surface area contributed by atoms with E-state index in [1.54, 1.807) is 0 Å². The molecule has 0 aromatic carbocycles. The molecular formula is C6H16IN4+. The lowest BCUT2D eigenvalue weighted by atomic mass is 10.3. The average molecular weight is 271 g/mol. The summed E-state index contributed by atoms with van der Waals surface area (Å²) in [5.41, 5.74) is 5.19. The molecule has 0 aliphatic heterocycles. The molecule has 11 heavy (non-hydrogen) atoms. The molecule has 4 N–H and O–H groups in total. The van der Waals surface area contributed by atoms with Crippen LogP contribution in [0, 0.1) is 0 Å². The number of nitrogens with zero attached hydrogens (tertiary/aromatic N) is 1. The van der Waals surface area contributed by atoms with Gasteiger partial charge < -0.3 is 10.6 Å². The van der Waals surface area contributed by atoms with Gasteiger partial charge in [-0.15, -0.1) is 0 Å². The molecule has 0 fully saturated rings. The Kier molecular flexibility index (Phi) is 7.09. The minimum Gasteiger partial charge on any atom is -0.317 e. The van der Waals surface area contributed by atoms with Crippen molar-refractivity contribution in [3.05, 3.63) is 0 Å². The molecule has 0 aliphatic rings. The number of nitrogens with one attached hydrogen (secondary N) is 2. The zero-order chi connectivity index (χ0) is 8.69. The number of hydrogen-bond donors (Lipinski definition) is 3. The van der Waals surface area contributed by atoms with Gasteiger partial charge in [0.05, 0.1) is 4.05 Å². The van der Waals surface area contributed by atoms with Crippen molar-refractivity contribution >= 4 is 22.6 Å². The molecular weight excluding hydrogens is 255 g/mol. The first-order valence-electron chi connectivity index (χ1n) is 3.62. The number of nitrogens with two attached hydrogens (primary N) is 1. The molecule has 0 saturated carbocycles. The maximum Gasteiger partial charge on any atom is 0.137 e. The molecule has 0 radical (unpaired) electrons. The molecule has 0 aliphatic carbocycles. The average Bonchev–Trinajstić information content (AvgIpc) is 1.97. The Balaban J connectivity index is 3.43. The molecule has 0 spiro atoms. The summed E-state index contributed by atoms with van der Waals surface area (Å²) in [5, 5.41) is 10.0. The van der Waals surface area contributed by atoms with Gasteiger partial charge in [0.1, 0.15) is 6.04 Å². The molecule has 66 valence electrons. The van der Waals surface area contributed by atoms with Crippen molar-refractivity contribution in [1.82, 2.24) is 10.6 Å². The molecule has 4 nitrogen and oxygen atoms in total. The maximum atomic E-state index is 5.19. The summed E-state index contributed by atoms with van der Waals surface area (Å²) >= 11 is 2.31. The summed E-state index contributed by atoms with van der Waals surface area (Å²) in [6, 6.07) is 0.178. The molecule has 0 bridgehead atoms. The van der Waals surface area contributed by atoms with Gasteiger partial charge in [-0.05, 0) is 19.1 Å². The van der Waals surface area contributed by atoms with E-state index in [1.165, 1.54) is 0 Å². The van der Waals surface area contributed by atoms with Crippen molar-refractivity contribution in [3.8, 4) is 0 Å². The highest BCUT2D eigenvalue weighted by Crippen LogP contribution is 1.93. The Labute approximate surface area is 81.2 Å². The number of likely N-dealkylation sites (N-methyl/N-ethyl adjacent to an activating group) is 1. The topological polar surface area (TPSA) is 62.0 Å². The minimum absolute atomic E-state index is 0.178. The van der Waals surface area contributed by atoms with Gasteiger partial charge in [-0.1, -0.05) is 22.6 Å². The van der Waals surface area contributed by atoms with Crippen LogP contribution in [0.5, 0.6) is 0 Å². The van der Waals surface area contributed by atoms with Crippen molar-refractivity contribution in [3.63, 3.8) is 0 Å². The van der Waals surface area contributed by atoms with Gasteiger partial charge in [0.15, 0.2) is 0 Å². The third kappa shape index (κ3) is 6.64. The van der Waals surface area contributed by atoms with Gasteiger partial charge >= 0.3 is 0 Å². The van der Waals surface area contributed by atoms with E-state index < -0.39 is 0 Å². The zero-order valence-electron chi connectivity index (χ0n) is 6.97. The molecule has 0 aromatic heterocycles. The lowest BCUT2D eigenvalue weighted by Crippen LogP contribution is -2.40. The van der Waals surface area contributed by atoms with Crippen LogP contribution >= 0.6 is 22.6 Å². The largest absolute Gasteiger partial charge is 0.317 e. The molecule has 0 aromatic rings. The second-order valence-electron chi connectivity index (χ2n) is 2.38. The SMILES string of the molecule is CNCC(CN[C@H](C)I)N=[NH2+]. The van der Waals surface area contributed by atoms with E-state index in [9.17, 15) is 0 Å². The summed E-state index contributed by atoms with van der Waals surface area (Å²) in [6.07, 6.45) is 0. The number of rotatable bonds is 6. The summed E-state index contributed by atoms with van der Waals surface area (Å²) in [5.74, 6) is 0. The first-order valence-corrected chi connectivity index (χ1v) is 4.87. The molecule has 0 amide bonds. The van der Waals surface area contributed by atoms with E-state index in [-0.39, 0.29) is 6.04 Å². The van der Waals surface area contributed by atoms with E-state index in [2.05, 4.69) is 45.3 Å². The van der Waals surface area contributed by atoms with Crippen LogP contribution in [0.3, 0.4) is 0 Å². The van der Waals surface area contributed by atoms with Crippen molar-refractivity contribution in [1.29, 1.82) is 0 Å². The van der Waals surface area contributed by atoms with Crippen LogP contribution in [0.4, 0.5) is 0 Å². The fourth-order valence-electron chi connectivity index (χ4n) is 0.712. The van der Waals surface area contributed by atoms with Crippen molar-refractivity contribution in [2.75, 3.05) is 20.1 Å². The van der Waals surface area contributed by atoms with Crippen LogP contribution in [0.25, 0.3) is 0 Å². The Bertz CT molecular complexity index is 107. The van der Waals surface area contributed by atoms with E-state index in [0.29, 0.717) is 4.05 Å². The highest BCUT2D eigenvalue weighted by atomic mass is 127. The summed E-state index contributed by atoms with van der Waals surface area (Å²) in [4.78, 5) is 0. The fourth-order valence-corrected chi connectivity index (χ4v) is 0.966. The third-order valence-corrected chi connectivity index (χ3v) is 1.73. The number of alkyl halides is 1. The Morgan fingerprint density at radius 3 is 2.55 bits per heavy atom. The Morgan fingerprint density at radius 1 is 1.55 bits per heavy atom. The first kappa shape index (κ1) is 11.2. The van der Waals surface area contributed by atoms with E-state index in [4.69, 9.17) is 5.53 Å². The molecule has 0 rings (SSSR count). The van der Waals surface area contributed by atoms with Crippen molar-refractivity contribution in [2.24, 2.45) is 5.11 Å². The van der Waals surface area contributed by atoms with Crippen LogP contribution in [0.2, 0.25) is 0 Å². The Morgan fingerprint density at radius 2 is 2.18 bits per heavy atom. The van der Waals surface area contributed by atoms with Gasteiger partial charge in [-0.3, -0.25) is 0 Å². The first-order chi connectivity index (χ1) is 5.20. The summed E-state index contributed by atoms with van der Waals surface area (Å²) in [6.45, 7) is 3.75. The monoisotopic (exact) mass is 271 g/mol. The predicted molar refractivity (Wildman–Crippen MR) is 53.6 cm³/mol. The van der Waals surface area contributed by atoms with Crippen molar-refractivity contribution < 1.29 is 5.53 Å². The van der Waals surface area contributed by atoms with E-state index >= 15 is 0 Å². The highest BCUT2D eigenvalue weighted by Gasteiger charge is 2.07. The third-order valence-electron chi connectivity index (χ3n) is 1.29. The normalized spacial score (nSPS) is 15.9. The van der Waals surface area contributed by atoms with Gasteiger partial charge in [0.2, 0.25) is 0 Å². The smallest absolute Gasteiger partial charge is 0.137 e.